The zero-order chi connectivity index (χ0) is 24.9. The molecule has 7 atom stereocenters. The molecule has 3 aliphatic heterocycles. The number of fused-ring (bicyclic) bond motifs is 1. The maximum Gasteiger partial charge on any atom is 0.312 e. The number of amides is 2. The molecule has 3 aliphatic rings. The number of aliphatic hydroxyl groups is 1. The molecule has 0 aromatic carbocycles. The third-order valence-electron chi connectivity index (χ3n) is 7.99. The minimum Gasteiger partial charge on any atom is -0.466 e. The molecule has 2 bridgehead atoms. The maximum absolute atomic E-state index is 14.2. The normalized spacial score (nSPS) is 36.0. The van der Waals surface area contributed by atoms with Crippen LogP contribution in [-0.4, -0.2) is 81.3 Å². The van der Waals surface area contributed by atoms with Crippen LogP contribution >= 0.6 is 0 Å². The van der Waals surface area contributed by atoms with E-state index >= 15 is 0 Å². The Morgan fingerprint density at radius 2 is 2.03 bits per heavy atom. The Bertz CT molecular complexity index is 818. The summed E-state index contributed by atoms with van der Waals surface area (Å²) < 4.78 is 12.0. The first-order chi connectivity index (χ1) is 15.3. The molecular weight excluding hydrogens is 424 g/mol. The van der Waals surface area contributed by atoms with Crippen molar-refractivity contribution in [2.45, 2.75) is 90.1 Å². The lowest BCUT2D eigenvalue weighted by Gasteiger charge is -2.43. The third-order valence-corrected chi connectivity index (χ3v) is 7.99. The number of hydrogen-bond donors (Lipinski definition) is 1. The average molecular weight is 465 g/mol. The average Bonchev–Trinajstić information content (AvgIpc) is 3.24. The zero-order valence-electron chi connectivity index (χ0n) is 21.1. The van der Waals surface area contributed by atoms with Crippen molar-refractivity contribution in [2.75, 3.05) is 19.8 Å². The molecule has 0 aromatic rings. The second-order valence-corrected chi connectivity index (χ2v) is 10.9. The van der Waals surface area contributed by atoms with Gasteiger partial charge in [0.2, 0.25) is 11.8 Å². The third kappa shape index (κ3) is 3.60. The summed E-state index contributed by atoms with van der Waals surface area (Å²) in [4.78, 5) is 44.5. The Morgan fingerprint density at radius 3 is 2.52 bits per heavy atom. The van der Waals surface area contributed by atoms with Gasteiger partial charge in [0.25, 0.3) is 0 Å². The Labute approximate surface area is 197 Å². The van der Waals surface area contributed by atoms with Gasteiger partial charge in [-0.05, 0) is 53.4 Å². The number of likely N-dealkylation sites (tertiary alicyclic amines) is 1. The lowest BCUT2D eigenvalue weighted by Crippen LogP contribution is -2.61. The van der Waals surface area contributed by atoms with E-state index in [1.165, 1.54) is 4.90 Å². The number of carbonyl (C=O) groups is 3. The molecule has 33 heavy (non-hydrogen) atoms. The summed E-state index contributed by atoms with van der Waals surface area (Å²) in [5.74, 6) is -2.69. The van der Waals surface area contributed by atoms with Gasteiger partial charge < -0.3 is 24.4 Å². The van der Waals surface area contributed by atoms with Crippen molar-refractivity contribution in [1.29, 1.82) is 0 Å². The van der Waals surface area contributed by atoms with E-state index in [0.717, 1.165) is 0 Å². The number of carbonyl (C=O) groups excluding carboxylic acids is 3. The fraction of sp³-hybridized carbons (Fsp3) is 0.800. The number of nitrogens with zero attached hydrogens (tertiary/aromatic N) is 2. The van der Waals surface area contributed by atoms with Gasteiger partial charge >= 0.3 is 5.97 Å². The first-order valence-electron chi connectivity index (χ1n) is 12.1. The molecule has 3 saturated heterocycles. The van der Waals surface area contributed by atoms with Crippen LogP contribution in [0.15, 0.2) is 12.7 Å². The number of rotatable bonds is 8. The minimum absolute atomic E-state index is 0.0529. The molecule has 0 saturated carbocycles. The van der Waals surface area contributed by atoms with E-state index in [4.69, 9.17) is 9.47 Å². The summed E-state index contributed by atoms with van der Waals surface area (Å²) >= 11 is 0. The van der Waals surface area contributed by atoms with Crippen molar-refractivity contribution in [3.63, 3.8) is 0 Å². The molecule has 1 N–H and O–H groups in total. The summed E-state index contributed by atoms with van der Waals surface area (Å²) in [6, 6.07) is -1.49. The monoisotopic (exact) mass is 464 g/mol. The molecule has 0 radical (unpaired) electrons. The standard InChI is InChI=1S/C25H40N2O6/c1-9-12-26(23(5,6)7)21(30)19-25-13-15(4)24(8,33-25)18(22(31)32-11-3)17(25)20(29)27(19)16(10-2)14-28/h9,15-19,28H,1,10-14H2,2-8H3/t15?,16-,17-,18-,19?,24+,25?/m0/s1. The van der Waals surface area contributed by atoms with Crippen molar-refractivity contribution in [3.05, 3.63) is 12.7 Å². The molecule has 3 rings (SSSR count). The maximum atomic E-state index is 14.2. The van der Waals surface area contributed by atoms with Gasteiger partial charge in [-0.25, -0.2) is 0 Å². The van der Waals surface area contributed by atoms with E-state index in [2.05, 4.69) is 6.58 Å². The number of aliphatic hydroxyl groups excluding tert-OH is 1. The van der Waals surface area contributed by atoms with E-state index in [-0.39, 0.29) is 30.9 Å². The minimum atomic E-state index is -1.15. The van der Waals surface area contributed by atoms with Gasteiger partial charge in [-0.15, -0.1) is 6.58 Å². The Kier molecular flexibility index (Phi) is 6.77. The summed E-state index contributed by atoms with van der Waals surface area (Å²) in [7, 11) is 0. The van der Waals surface area contributed by atoms with Gasteiger partial charge in [0.1, 0.15) is 17.6 Å². The topological polar surface area (TPSA) is 96.4 Å². The van der Waals surface area contributed by atoms with Crippen molar-refractivity contribution in [2.24, 2.45) is 17.8 Å². The molecule has 0 aromatic heterocycles. The largest absolute Gasteiger partial charge is 0.466 e. The summed E-state index contributed by atoms with van der Waals surface area (Å²) in [5, 5.41) is 10.1. The van der Waals surface area contributed by atoms with E-state index < -0.39 is 46.6 Å². The van der Waals surface area contributed by atoms with Crippen LogP contribution < -0.4 is 0 Å². The highest BCUT2D eigenvalue weighted by Crippen LogP contribution is 2.65. The molecule has 8 nitrogen and oxygen atoms in total. The van der Waals surface area contributed by atoms with Crippen molar-refractivity contribution in [1.82, 2.24) is 9.80 Å². The predicted molar refractivity (Wildman–Crippen MR) is 123 cm³/mol. The van der Waals surface area contributed by atoms with Crippen LogP contribution in [0.1, 0.15) is 61.3 Å². The molecular formula is C25H40N2O6. The van der Waals surface area contributed by atoms with Gasteiger partial charge in [-0.2, -0.15) is 0 Å². The fourth-order valence-electron chi connectivity index (χ4n) is 6.32. The van der Waals surface area contributed by atoms with Crippen molar-refractivity contribution >= 4 is 17.8 Å². The predicted octanol–water partition coefficient (Wildman–Crippen LogP) is 2.14. The highest BCUT2D eigenvalue weighted by molar-refractivity contribution is 5.99. The first-order valence-corrected chi connectivity index (χ1v) is 12.1. The van der Waals surface area contributed by atoms with Crippen LogP contribution in [0.2, 0.25) is 0 Å². The SMILES string of the molecule is C=CCN(C(=O)C1N([C@@H](CC)CO)C(=O)[C@@H]2[C@@H](C(=O)OCC)[C@]3(C)OC12CC3C)C(C)(C)C. The van der Waals surface area contributed by atoms with Crippen LogP contribution in [0.5, 0.6) is 0 Å². The van der Waals surface area contributed by atoms with E-state index in [0.29, 0.717) is 19.4 Å². The molecule has 3 fully saturated rings. The molecule has 3 heterocycles. The van der Waals surface area contributed by atoms with Crippen molar-refractivity contribution < 1.29 is 29.0 Å². The van der Waals surface area contributed by atoms with Crippen LogP contribution in [-0.2, 0) is 23.9 Å². The van der Waals surface area contributed by atoms with Crippen LogP contribution in [0.25, 0.3) is 0 Å². The summed E-state index contributed by atoms with van der Waals surface area (Å²) in [6.45, 7) is 17.3. The smallest absolute Gasteiger partial charge is 0.312 e. The molecule has 3 unspecified atom stereocenters. The van der Waals surface area contributed by atoms with Crippen LogP contribution in [0, 0.1) is 17.8 Å². The Balaban J connectivity index is 2.20. The summed E-state index contributed by atoms with van der Waals surface area (Å²) in [6.07, 6.45) is 2.63. The van der Waals surface area contributed by atoms with Gasteiger partial charge in [-0.3, -0.25) is 14.4 Å². The lowest BCUT2D eigenvalue weighted by atomic mass is 9.62. The second-order valence-electron chi connectivity index (χ2n) is 10.9. The van der Waals surface area contributed by atoms with Crippen LogP contribution in [0.3, 0.4) is 0 Å². The molecule has 1 spiro atoms. The van der Waals surface area contributed by atoms with Crippen molar-refractivity contribution in [3.8, 4) is 0 Å². The van der Waals surface area contributed by atoms with Gasteiger partial charge in [-0.1, -0.05) is 19.9 Å². The fourth-order valence-corrected chi connectivity index (χ4v) is 6.32. The Morgan fingerprint density at radius 1 is 1.39 bits per heavy atom. The highest BCUT2D eigenvalue weighted by atomic mass is 16.6. The molecule has 0 aliphatic carbocycles. The number of ether oxygens (including phenoxy) is 2. The molecule has 2 amide bonds. The number of hydrogen-bond acceptors (Lipinski definition) is 6. The molecule has 186 valence electrons. The summed E-state index contributed by atoms with van der Waals surface area (Å²) in [5.41, 5.74) is -2.57. The van der Waals surface area contributed by atoms with Gasteiger partial charge in [0, 0.05) is 12.1 Å². The van der Waals surface area contributed by atoms with Gasteiger partial charge in [0.15, 0.2) is 0 Å². The van der Waals surface area contributed by atoms with E-state index in [1.807, 2.05) is 41.5 Å². The van der Waals surface area contributed by atoms with Gasteiger partial charge in [0.05, 0.1) is 30.8 Å². The van der Waals surface area contributed by atoms with E-state index in [9.17, 15) is 19.5 Å². The quantitative estimate of drug-likeness (QED) is 0.437. The lowest BCUT2D eigenvalue weighted by molar-refractivity contribution is -0.164. The zero-order valence-corrected chi connectivity index (χ0v) is 21.1. The number of esters is 1. The van der Waals surface area contributed by atoms with Crippen LogP contribution in [0.4, 0.5) is 0 Å². The molecule has 8 heteroatoms. The highest BCUT2D eigenvalue weighted by Gasteiger charge is 2.80. The second kappa shape index (κ2) is 8.69. The Hall–Kier alpha value is -1.93. The van der Waals surface area contributed by atoms with E-state index in [1.54, 1.807) is 17.9 Å². The first kappa shape index (κ1) is 25.7.